The van der Waals surface area contributed by atoms with Gasteiger partial charge in [0.1, 0.15) is 15.3 Å². The van der Waals surface area contributed by atoms with Crippen molar-refractivity contribution >= 4 is 74.0 Å². The molecule has 3 heterocycles. The summed E-state index contributed by atoms with van der Waals surface area (Å²) in [6, 6.07) is 9.08. The number of hydrogen-bond acceptors (Lipinski definition) is 12. The van der Waals surface area contributed by atoms with Gasteiger partial charge in [0.25, 0.3) is 0 Å². The molecule has 0 bridgehead atoms. The van der Waals surface area contributed by atoms with E-state index in [-0.39, 0.29) is 35.2 Å². The van der Waals surface area contributed by atoms with Gasteiger partial charge in [0.15, 0.2) is 30.6 Å². The van der Waals surface area contributed by atoms with Crippen molar-refractivity contribution in [2.24, 2.45) is 5.92 Å². The third kappa shape index (κ3) is 9.65. The Balaban J connectivity index is 0.000000276. The summed E-state index contributed by atoms with van der Waals surface area (Å²) in [4.78, 5) is 29.3. The molecule has 0 saturated carbocycles. The van der Waals surface area contributed by atoms with Crippen molar-refractivity contribution in [3.63, 3.8) is 0 Å². The van der Waals surface area contributed by atoms with Crippen LogP contribution in [-0.2, 0) is 44.7 Å². The Labute approximate surface area is 293 Å². The largest absolute Gasteiger partial charge is 0.359 e. The molecule has 1 fully saturated rings. The number of carbonyl (C=O) groups excluding carboxylic acids is 2. The first-order valence-electron chi connectivity index (χ1n) is 15.7. The summed E-state index contributed by atoms with van der Waals surface area (Å²) in [5.41, 5.74) is 0.484. The molecule has 1 aliphatic rings. The number of aromatic nitrogens is 2. The van der Waals surface area contributed by atoms with Crippen LogP contribution in [0.5, 0.6) is 0 Å². The van der Waals surface area contributed by atoms with E-state index in [1.165, 1.54) is 43.3 Å². The summed E-state index contributed by atoms with van der Waals surface area (Å²) >= 11 is 1.33. The first kappa shape index (κ1) is 40.5. The summed E-state index contributed by atoms with van der Waals surface area (Å²) in [6.07, 6.45) is 2.04. The molecule has 0 spiro atoms. The third-order valence-corrected chi connectivity index (χ3v) is 15.9. The van der Waals surface area contributed by atoms with Crippen LogP contribution in [0.15, 0.2) is 34.9 Å². The molecular weight excluding hydrogens is 715 g/mol. The number of benzene rings is 1. The van der Waals surface area contributed by atoms with Crippen LogP contribution in [0.4, 0.5) is 10.9 Å². The maximum Gasteiger partial charge on any atom is 0.247 e. The molecule has 1 atom stereocenters. The molecule has 1 aliphatic heterocycles. The van der Waals surface area contributed by atoms with Gasteiger partial charge in [-0.25, -0.2) is 34.5 Å². The highest BCUT2D eigenvalue weighted by molar-refractivity contribution is 7.93. The van der Waals surface area contributed by atoms with Crippen LogP contribution in [0.1, 0.15) is 74.0 Å². The molecule has 2 aromatic heterocycles. The van der Waals surface area contributed by atoms with E-state index in [9.17, 15) is 34.8 Å². The number of anilines is 2. The monoisotopic (exact) mass is 761 g/mol. The van der Waals surface area contributed by atoms with Gasteiger partial charge >= 0.3 is 0 Å². The number of carbonyl (C=O) groups is 2. The smallest absolute Gasteiger partial charge is 0.247 e. The molecular formula is C31H47N5O9S4. The van der Waals surface area contributed by atoms with Crippen LogP contribution < -0.4 is 10.6 Å². The average Bonchev–Trinajstić information content (AvgIpc) is 3.72. The van der Waals surface area contributed by atoms with E-state index in [1.807, 2.05) is 45.0 Å². The number of thiazole rings is 1. The zero-order valence-electron chi connectivity index (χ0n) is 29.4. The Morgan fingerprint density at radius 1 is 0.939 bits per heavy atom. The Morgan fingerprint density at radius 2 is 1.53 bits per heavy atom. The number of nitrogens with one attached hydrogen (secondary N) is 2. The zero-order valence-corrected chi connectivity index (χ0v) is 32.6. The molecule has 2 N–H and O–H groups in total. The minimum atomic E-state index is -3.85. The summed E-state index contributed by atoms with van der Waals surface area (Å²) in [5, 5.41) is 9.34. The van der Waals surface area contributed by atoms with Gasteiger partial charge in [0.05, 0.1) is 28.0 Å². The van der Waals surface area contributed by atoms with Gasteiger partial charge in [-0.3, -0.25) is 9.59 Å². The predicted octanol–water partition coefficient (Wildman–Crippen LogP) is 4.22. The number of sulfone groups is 2. The molecule has 1 aromatic carbocycles. The molecule has 3 aromatic rings. The van der Waals surface area contributed by atoms with Gasteiger partial charge in [-0.1, -0.05) is 56.3 Å². The fourth-order valence-corrected chi connectivity index (χ4v) is 9.49. The number of sulfonamides is 1. The Kier molecular flexibility index (Phi) is 12.2. The Hall–Kier alpha value is -2.93. The van der Waals surface area contributed by atoms with Crippen molar-refractivity contribution < 1.29 is 39.4 Å². The highest BCUT2D eigenvalue weighted by Gasteiger charge is 2.45. The van der Waals surface area contributed by atoms with Gasteiger partial charge in [0.2, 0.25) is 21.8 Å². The van der Waals surface area contributed by atoms with Crippen LogP contribution in [0.2, 0.25) is 0 Å². The van der Waals surface area contributed by atoms with Crippen molar-refractivity contribution in [1.29, 1.82) is 0 Å². The highest BCUT2D eigenvalue weighted by Crippen LogP contribution is 2.30. The first-order valence-corrected chi connectivity index (χ1v) is 21.6. The van der Waals surface area contributed by atoms with E-state index in [0.29, 0.717) is 30.3 Å². The van der Waals surface area contributed by atoms with Gasteiger partial charge in [-0.15, -0.1) is 0 Å². The Morgan fingerprint density at radius 3 is 2.06 bits per heavy atom. The topological polar surface area (TPSA) is 203 Å². The van der Waals surface area contributed by atoms with E-state index in [4.69, 9.17) is 4.52 Å². The van der Waals surface area contributed by atoms with Crippen LogP contribution >= 0.6 is 11.3 Å². The molecule has 0 radical (unpaired) electrons. The lowest BCUT2D eigenvalue weighted by atomic mass is 9.93. The second-order valence-corrected chi connectivity index (χ2v) is 22.4. The highest BCUT2D eigenvalue weighted by atomic mass is 32.2. The van der Waals surface area contributed by atoms with E-state index >= 15 is 0 Å². The van der Waals surface area contributed by atoms with Gasteiger partial charge in [-0.05, 0) is 58.6 Å². The van der Waals surface area contributed by atoms with Crippen LogP contribution in [0, 0.1) is 5.92 Å². The molecule has 0 aliphatic carbocycles. The van der Waals surface area contributed by atoms with Crippen LogP contribution in [0.3, 0.4) is 0 Å². The molecule has 2 amide bonds. The average molecular weight is 762 g/mol. The number of amides is 2. The maximum absolute atomic E-state index is 12.9. The van der Waals surface area contributed by atoms with Crippen molar-refractivity contribution in [3.05, 3.63) is 36.1 Å². The minimum Gasteiger partial charge on any atom is -0.359 e. The molecule has 4 rings (SSSR count). The van der Waals surface area contributed by atoms with Crippen molar-refractivity contribution in [3.8, 4) is 0 Å². The summed E-state index contributed by atoms with van der Waals surface area (Å²) < 4.78 is 77.6. The lowest BCUT2D eigenvalue weighted by Gasteiger charge is -2.25. The van der Waals surface area contributed by atoms with E-state index in [1.54, 1.807) is 13.0 Å². The van der Waals surface area contributed by atoms with Gasteiger partial charge in [0, 0.05) is 24.6 Å². The van der Waals surface area contributed by atoms with E-state index < -0.39 is 51.0 Å². The number of fused-ring (bicyclic) bond motifs is 1. The van der Waals surface area contributed by atoms with Crippen molar-refractivity contribution in [2.75, 3.05) is 41.5 Å². The molecule has 49 heavy (non-hydrogen) atoms. The van der Waals surface area contributed by atoms with E-state index in [2.05, 4.69) is 20.8 Å². The van der Waals surface area contributed by atoms with Crippen LogP contribution in [-0.4, -0.2) is 91.9 Å². The number of nitrogens with zero attached hydrogens (tertiary/aromatic N) is 3. The second-order valence-electron chi connectivity index (χ2n) is 14.1. The fraction of sp³-hybridized carbons (Fsp3) is 0.613. The maximum atomic E-state index is 12.9. The van der Waals surface area contributed by atoms with E-state index in [0.717, 1.165) is 16.5 Å². The summed E-state index contributed by atoms with van der Waals surface area (Å²) in [7, 11) is -10.7. The van der Waals surface area contributed by atoms with Gasteiger partial charge in [-0.2, -0.15) is 0 Å². The standard InChI is InChI=1S/C17H29N3O6S2.C14H18N2O3S2/c1-16(2,3)13-9-14(19-26-13)18-15(21)17(4,5)28(24,25)11-12-7-8-20(10-12)27(6,22)23;1-4-9-21(18,19)14(2,3)12(17)16-13-15-10-7-5-6-8-11(10)20-13/h9,12H,7-8,10-11H2,1-6H3,(H,18,19,21);5-8H,4,9H2,1-3H3,(H,15,16,17). The van der Waals surface area contributed by atoms with Gasteiger partial charge < -0.3 is 15.2 Å². The molecule has 1 saturated heterocycles. The summed E-state index contributed by atoms with van der Waals surface area (Å²) in [5.74, 6) is -1.14. The van der Waals surface area contributed by atoms with Crippen molar-refractivity contribution in [1.82, 2.24) is 14.4 Å². The Bertz CT molecular complexity index is 1960. The fourth-order valence-electron chi connectivity index (χ4n) is 4.69. The molecule has 14 nitrogen and oxygen atoms in total. The predicted molar refractivity (Wildman–Crippen MR) is 193 cm³/mol. The third-order valence-electron chi connectivity index (χ3n) is 8.30. The molecule has 274 valence electrons. The lowest BCUT2D eigenvalue weighted by molar-refractivity contribution is -0.118. The number of hydrogen-bond donors (Lipinski definition) is 2. The summed E-state index contributed by atoms with van der Waals surface area (Å²) in [6.45, 7) is 13.5. The van der Waals surface area contributed by atoms with Crippen molar-refractivity contribution in [2.45, 2.75) is 83.1 Å². The first-order chi connectivity index (χ1) is 22.3. The minimum absolute atomic E-state index is 0.00668. The van der Waals surface area contributed by atoms with Crippen LogP contribution in [0.25, 0.3) is 10.2 Å². The SMILES string of the molecule is CC(C)(C)c1cc(NC(=O)C(C)(C)S(=O)(=O)CC2CCN(S(C)(=O)=O)C2)no1.CCCS(=O)(=O)C(C)(C)C(=O)Nc1nc2ccccc2s1. The zero-order chi connectivity index (χ0) is 37.2. The number of rotatable bonds is 11. The normalized spacial score (nSPS) is 16.6. The molecule has 1 unspecified atom stereocenters. The molecule has 18 heteroatoms. The lowest BCUT2D eigenvalue weighted by Crippen LogP contribution is -2.47. The second kappa shape index (κ2) is 14.7. The number of para-hydroxylation sites is 1. The quantitative estimate of drug-likeness (QED) is 0.283.